The fourth-order valence-electron chi connectivity index (χ4n) is 2.90. The molecular formula is C15H20N4O2S. The minimum absolute atomic E-state index is 0.0721. The van der Waals surface area contributed by atoms with Crippen LogP contribution in [0.3, 0.4) is 0 Å². The third kappa shape index (κ3) is 3.36. The van der Waals surface area contributed by atoms with Gasteiger partial charge in [-0.25, -0.2) is 17.4 Å². The molecule has 6 nitrogen and oxygen atoms in total. The topological polar surface area (TPSA) is 68.1 Å². The molecule has 0 bridgehead atoms. The first-order valence-electron chi connectivity index (χ1n) is 7.44. The molecule has 3 rings (SSSR count). The van der Waals surface area contributed by atoms with Crippen molar-refractivity contribution in [3.05, 3.63) is 47.8 Å². The van der Waals surface area contributed by atoms with Gasteiger partial charge in [0.25, 0.3) is 0 Å². The first kappa shape index (κ1) is 15.2. The fraction of sp³-hybridized carbons (Fsp3) is 0.467. The molecule has 0 spiro atoms. The Labute approximate surface area is 130 Å². The summed E-state index contributed by atoms with van der Waals surface area (Å²) in [7, 11) is -3.26. The largest absolute Gasteiger partial charge is 0.249 e. The van der Waals surface area contributed by atoms with Crippen LogP contribution in [0.5, 0.6) is 0 Å². The van der Waals surface area contributed by atoms with Crippen LogP contribution in [0.4, 0.5) is 0 Å². The van der Waals surface area contributed by atoms with Crippen LogP contribution in [0.15, 0.2) is 36.7 Å². The van der Waals surface area contributed by atoms with Gasteiger partial charge in [-0.15, -0.1) is 5.10 Å². The number of piperidine rings is 1. The molecule has 0 aliphatic carbocycles. The van der Waals surface area contributed by atoms with Crippen LogP contribution in [0.25, 0.3) is 0 Å². The van der Waals surface area contributed by atoms with E-state index in [4.69, 9.17) is 0 Å². The Hall–Kier alpha value is -1.73. The molecule has 1 aromatic heterocycles. The predicted molar refractivity (Wildman–Crippen MR) is 83.7 cm³/mol. The summed E-state index contributed by atoms with van der Waals surface area (Å²) >= 11 is 0. The van der Waals surface area contributed by atoms with E-state index in [1.165, 1.54) is 0 Å². The van der Waals surface area contributed by atoms with Gasteiger partial charge in [0.05, 0.1) is 18.0 Å². The van der Waals surface area contributed by atoms with Crippen molar-refractivity contribution < 1.29 is 8.42 Å². The highest BCUT2D eigenvalue weighted by atomic mass is 32.2. The second-order valence-electron chi connectivity index (χ2n) is 5.76. The van der Waals surface area contributed by atoms with Crippen molar-refractivity contribution in [1.29, 1.82) is 0 Å². The summed E-state index contributed by atoms with van der Waals surface area (Å²) in [4.78, 5) is 0. The monoisotopic (exact) mass is 320 g/mol. The van der Waals surface area contributed by atoms with Gasteiger partial charge in [0.1, 0.15) is 0 Å². The highest BCUT2D eigenvalue weighted by Crippen LogP contribution is 2.24. The van der Waals surface area contributed by atoms with Crippen LogP contribution >= 0.6 is 0 Å². The molecule has 22 heavy (non-hydrogen) atoms. The second-order valence-corrected chi connectivity index (χ2v) is 7.73. The number of hydrogen-bond acceptors (Lipinski definition) is 4. The van der Waals surface area contributed by atoms with Gasteiger partial charge < -0.3 is 0 Å². The molecule has 0 radical (unpaired) electrons. The molecule has 1 saturated heterocycles. The maximum atomic E-state index is 12.6. The van der Waals surface area contributed by atoms with Crippen molar-refractivity contribution in [3.63, 3.8) is 0 Å². The SMILES string of the molecule is Cc1cccc(CS(=O)(=O)N2CCC(n3ccnn3)CC2)c1. The van der Waals surface area contributed by atoms with Crippen LogP contribution in [0.2, 0.25) is 0 Å². The van der Waals surface area contributed by atoms with Gasteiger partial charge in [0.2, 0.25) is 10.0 Å². The van der Waals surface area contributed by atoms with Gasteiger partial charge in [-0.2, -0.15) is 0 Å². The molecule has 2 aromatic rings. The quantitative estimate of drug-likeness (QED) is 0.861. The lowest BCUT2D eigenvalue weighted by Crippen LogP contribution is -2.39. The average Bonchev–Trinajstić information content (AvgIpc) is 3.01. The lowest BCUT2D eigenvalue weighted by Gasteiger charge is -2.31. The van der Waals surface area contributed by atoms with E-state index in [1.54, 1.807) is 10.5 Å². The molecule has 0 N–H and O–H groups in total. The number of aromatic nitrogens is 3. The Balaban J connectivity index is 1.64. The molecule has 7 heteroatoms. The van der Waals surface area contributed by atoms with E-state index in [0.717, 1.165) is 24.0 Å². The molecule has 0 atom stereocenters. The van der Waals surface area contributed by atoms with Crippen molar-refractivity contribution >= 4 is 10.0 Å². The van der Waals surface area contributed by atoms with Crippen molar-refractivity contribution in [2.45, 2.75) is 31.6 Å². The van der Waals surface area contributed by atoms with E-state index in [9.17, 15) is 8.42 Å². The summed E-state index contributed by atoms with van der Waals surface area (Å²) in [6.07, 6.45) is 5.04. The van der Waals surface area contributed by atoms with Gasteiger partial charge in [-0.3, -0.25) is 0 Å². The molecule has 0 saturated carbocycles. The molecule has 1 aliphatic rings. The van der Waals surface area contributed by atoms with Gasteiger partial charge in [0.15, 0.2) is 0 Å². The van der Waals surface area contributed by atoms with Crippen molar-refractivity contribution in [3.8, 4) is 0 Å². The van der Waals surface area contributed by atoms with E-state index in [1.807, 2.05) is 42.1 Å². The van der Waals surface area contributed by atoms with Gasteiger partial charge in [-0.1, -0.05) is 35.0 Å². The zero-order chi connectivity index (χ0) is 15.6. The Kier molecular flexibility index (Phi) is 4.26. The van der Waals surface area contributed by atoms with E-state index >= 15 is 0 Å². The number of aryl methyl sites for hydroxylation is 1. The molecule has 118 valence electrons. The minimum atomic E-state index is -3.26. The Bertz CT molecular complexity index is 720. The maximum absolute atomic E-state index is 12.6. The van der Waals surface area contributed by atoms with Crippen LogP contribution < -0.4 is 0 Å². The van der Waals surface area contributed by atoms with E-state index in [-0.39, 0.29) is 11.8 Å². The van der Waals surface area contributed by atoms with Gasteiger partial charge >= 0.3 is 0 Å². The summed E-state index contributed by atoms with van der Waals surface area (Å²) in [5.41, 5.74) is 1.93. The lowest BCUT2D eigenvalue weighted by molar-refractivity contribution is 0.258. The van der Waals surface area contributed by atoms with Crippen molar-refractivity contribution in [2.24, 2.45) is 0 Å². The van der Waals surface area contributed by atoms with Crippen LogP contribution in [-0.2, 0) is 15.8 Å². The minimum Gasteiger partial charge on any atom is -0.249 e. The van der Waals surface area contributed by atoms with Crippen LogP contribution in [0.1, 0.15) is 30.0 Å². The van der Waals surface area contributed by atoms with E-state index in [2.05, 4.69) is 10.3 Å². The normalized spacial score (nSPS) is 17.7. The zero-order valence-corrected chi connectivity index (χ0v) is 13.4. The first-order valence-corrected chi connectivity index (χ1v) is 9.05. The summed E-state index contributed by atoms with van der Waals surface area (Å²) in [5.74, 6) is 0.0721. The van der Waals surface area contributed by atoms with Crippen LogP contribution in [-0.4, -0.2) is 40.8 Å². The second kappa shape index (κ2) is 6.18. The molecule has 0 amide bonds. The predicted octanol–water partition coefficient (Wildman–Crippen LogP) is 1.75. The molecule has 1 aromatic carbocycles. The van der Waals surface area contributed by atoms with Crippen LogP contribution in [0, 0.1) is 6.92 Å². The molecular weight excluding hydrogens is 300 g/mol. The highest BCUT2D eigenvalue weighted by molar-refractivity contribution is 7.88. The average molecular weight is 320 g/mol. The highest BCUT2D eigenvalue weighted by Gasteiger charge is 2.29. The number of nitrogens with zero attached hydrogens (tertiary/aromatic N) is 4. The summed E-state index contributed by atoms with van der Waals surface area (Å²) in [6.45, 7) is 3.05. The van der Waals surface area contributed by atoms with Crippen molar-refractivity contribution in [2.75, 3.05) is 13.1 Å². The number of hydrogen-bond donors (Lipinski definition) is 0. The molecule has 1 aliphatic heterocycles. The van der Waals surface area contributed by atoms with E-state index in [0.29, 0.717) is 13.1 Å². The van der Waals surface area contributed by atoms with Crippen molar-refractivity contribution in [1.82, 2.24) is 19.3 Å². The molecule has 2 heterocycles. The summed E-state index contributed by atoms with van der Waals surface area (Å²) in [5, 5.41) is 7.81. The number of sulfonamides is 1. The van der Waals surface area contributed by atoms with Gasteiger partial charge in [0, 0.05) is 19.3 Å². The number of rotatable bonds is 4. The summed E-state index contributed by atoms with van der Waals surface area (Å²) in [6, 6.07) is 7.91. The molecule has 0 unspecified atom stereocenters. The first-order chi connectivity index (χ1) is 10.5. The Morgan fingerprint density at radius 3 is 2.68 bits per heavy atom. The van der Waals surface area contributed by atoms with Gasteiger partial charge in [-0.05, 0) is 25.3 Å². The zero-order valence-electron chi connectivity index (χ0n) is 12.6. The third-order valence-corrected chi connectivity index (χ3v) is 5.91. The smallest absolute Gasteiger partial charge is 0.218 e. The van der Waals surface area contributed by atoms with E-state index < -0.39 is 10.0 Å². The fourth-order valence-corrected chi connectivity index (χ4v) is 4.45. The maximum Gasteiger partial charge on any atom is 0.218 e. The summed E-state index contributed by atoms with van der Waals surface area (Å²) < 4.78 is 28.5. The molecule has 1 fully saturated rings. The number of benzene rings is 1. The third-order valence-electron chi connectivity index (χ3n) is 4.06. The lowest BCUT2D eigenvalue weighted by atomic mass is 10.1. The Morgan fingerprint density at radius 1 is 1.27 bits per heavy atom. The standard InChI is InChI=1S/C15H20N4O2S/c1-13-3-2-4-14(11-13)12-22(20,21)18-8-5-15(6-9-18)19-10-7-16-17-19/h2-4,7,10-11,15H,5-6,8-9,12H2,1H3. The Morgan fingerprint density at radius 2 is 2.05 bits per heavy atom.